The van der Waals surface area contributed by atoms with Gasteiger partial charge in [0, 0.05) is 11.8 Å². The summed E-state index contributed by atoms with van der Waals surface area (Å²) in [7, 11) is -1.37. The number of aryl methyl sites for hydroxylation is 1. The maximum absolute atomic E-state index is 11.6. The van der Waals surface area contributed by atoms with E-state index in [1.807, 2.05) is 32.0 Å². The Bertz CT molecular complexity index is 497. The molecule has 0 radical (unpaired) electrons. The summed E-state index contributed by atoms with van der Waals surface area (Å²) in [5.41, 5.74) is 1.93. The molecule has 5 heteroatoms. The van der Waals surface area contributed by atoms with E-state index in [4.69, 9.17) is 4.74 Å². The van der Waals surface area contributed by atoms with Gasteiger partial charge >= 0.3 is 0 Å². The first-order chi connectivity index (χ1) is 8.38. The quantitative estimate of drug-likeness (QED) is 0.862. The maximum atomic E-state index is 11.6. The smallest absolute Gasteiger partial charge is 0.152 e. The summed E-state index contributed by atoms with van der Waals surface area (Å²) in [4.78, 5) is 0. The molecule has 102 valence electrons. The molecule has 0 fully saturated rings. The SMILES string of the molecule is CCS(=O)(=O)CC(C)Nc1cc(C)ccc1OC. The lowest BCUT2D eigenvalue weighted by atomic mass is 10.2. The first-order valence-corrected chi connectivity index (χ1v) is 7.81. The second-order valence-electron chi connectivity index (χ2n) is 4.45. The Morgan fingerprint density at radius 2 is 2.06 bits per heavy atom. The molecule has 0 amide bonds. The van der Waals surface area contributed by atoms with Crippen molar-refractivity contribution in [3.63, 3.8) is 0 Å². The average Bonchev–Trinajstić information content (AvgIpc) is 2.28. The highest BCUT2D eigenvalue weighted by molar-refractivity contribution is 7.91. The zero-order valence-electron chi connectivity index (χ0n) is 11.4. The zero-order valence-corrected chi connectivity index (χ0v) is 12.2. The van der Waals surface area contributed by atoms with Crippen molar-refractivity contribution >= 4 is 15.5 Å². The molecule has 0 aliphatic heterocycles. The lowest BCUT2D eigenvalue weighted by Gasteiger charge is -2.17. The molecule has 1 rings (SSSR count). The molecule has 0 saturated heterocycles. The molecule has 1 N–H and O–H groups in total. The van der Waals surface area contributed by atoms with Crippen LogP contribution in [-0.4, -0.2) is 33.1 Å². The zero-order chi connectivity index (χ0) is 13.8. The van der Waals surface area contributed by atoms with Crippen LogP contribution in [0.25, 0.3) is 0 Å². The van der Waals surface area contributed by atoms with Gasteiger partial charge in [0.25, 0.3) is 0 Å². The number of anilines is 1. The predicted molar refractivity (Wildman–Crippen MR) is 75.1 cm³/mol. The average molecular weight is 271 g/mol. The summed E-state index contributed by atoms with van der Waals surface area (Å²) in [5, 5.41) is 3.19. The molecule has 0 aliphatic carbocycles. The van der Waals surface area contributed by atoms with E-state index in [-0.39, 0.29) is 17.5 Å². The fraction of sp³-hybridized carbons (Fsp3) is 0.538. The first-order valence-electron chi connectivity index (χ1n) is 5.99. The summed E-state index contributed by atoms with van der Waals surface area (Å²) in [5.74, 6) is 1.02. The Morgan fingerprint density at radius 3 is 2.61 bits per heavy atom. The lowest BCUT2D eigenvalue weighted by Crippen LogP contribution is -2.26. The third-order valence-corrected chi connectivity index (χ3v) is 4.59. The fourth-order valence-electron chi connectivity index (χ4n) is 1.74. The minimum absolute atomic E-state index is 0.126. The molecule has 0 spiro atoms. The topological polar surface area (TPSA) is 55.4 Å². The van der Waals surface area contributed by atoms with E-state index in [1.165, 1.54) is 0 Å². The van der Waals surface area contributed by atoms with Gasteiger partial charge in [-0.3, -0.25) is 0 Å². The van der Waals surface area contributed by atoms with Crippen LogP contribution in [0.4, 0.5) is 5.69 Å². The number of hydrogen-bond donors (Lipinski definition) is 1. The van der Waals surface area contributed by atoms with Crippen LogP contribution < -0.4 is 10.1 Å². The molecule has 0 aliphatic rings. The van der Waals surface area contributed by atoms with Crippen LogP contribution in [0.5, 0.6) is 5.75 Å². The molecule has 1 unspecified atom stereocenters. The summed E-state index contributed by atoms with van der Waals surface area (Å²) < 4.78 is 28.3. The van der Waals surface area contributed by atoms with Crippen LogP contribution >= 0.6 is 0 Å². The summed E-state index contributed by atoms with van der Waals surface area (Å²) in [6, 6.07) is 5.63. The Balaban J connectivity index is 2.81. The molecule has 1 aromatic rings. The number of rotatable bonds is 6. The summed E-state index contributed by atoms with van der Waals surface area (Å²) in [6.45, 7) is 5.50. The number of sulfone groups is 1. The van der Waals surface area contributed by atoms with Crippen LogP contribution in [0.15, 0.2) is 18.2 Å². The van der Waals surface area contributed by atoms with Gasteiger partial charge in [-0.1, -0.05) is 13.0 Å². The van der Waals surface area contributed by atoms with Crippen molar-refractivity contribution in [2.75, 3.05) is 23.9 Å². The summed E-state index contributed by atoms with van der Waals surface area (Å²) in [6.07, 6.45) is 0. The van der Waals surface area contributed by atoms with Crippen LogP contribution in [0, 0.1) is 6.92 Å². The van der Waals surface area contributed by atoms with E-state index >= 15 is 0 Å². The van der Waals surface area contributed by atoms with Crippen molar-refractivity contribution in [3.05, 3.63) is 23.8 Å². The van der Waals surface area contributed by atoms with Gasteiger partial charge in [0.1, 0.15) is 5.75 Å². The van der Waals surface area contributed by atoms with E-state index < -0.39 is 9.84 Å². The minimum atomic E-state index is -2.97. The van der Waals surface area contributed by atoms with E-state index in [9.17, 15) is 8.42 Å². The van der Waals surface area contributed by atoms with E-state index in [0.717, 1.165) is 17.0 Å². The van der Waals surface area contributed by atoms with Crippen LogP contribution in [-0.2, 0) is 9.84 Å². The van der Waals surface area contributed by atoms with Crippen molar-refractivity contribution in [3.8, 4) is 5.75 Å². The third-order valence-electron chi connectivity index (χ3n) is 2.70. The Kier molecular flexibility index (Phi) is 5.02. The van der Waals surface area contributed by atoms with Crippen LogP contribution in [0.2, 0.25) is 0 Å². The molecule has 4 nitrogen and oxygen atoms in total. The summed E-state index contributed by atoms with van der Waals surface area (Å²) >= 11 is 0. The predicted octanol–water partition coefficient (Wildman–Crippen LogP) is 2.24. The van der Waals surface area contributed by atoms with Crippen molar-refractivity contribution in [1.29, 1.82) is 0 Å². The highest BCUT2D eigenvalue weighted by atomic mass is 32.2. The van der Waals surface area contributed by atoms with E-state index in [2.05, 4.69) is 5.32 Å². The third kappa shape index (κ3) is 4.22. The van der Waals surface area contributed by atoms with Gasteiger partial charge in [0.2, 0.25) is 0 Å². The van der Waals surface area contributed by atoms with Gasteiger partial charge < -0.3 is 10.1 Å². The molecule has 0 saturated carbocycles. The largest absolute Gasteiger partial charge is 0.495 e. The fourth-order valence-corrected chi connectivity index (χ4v) is 2.82. The highest BCUT2D eigenvalue weighted by Gasteiger charge is 2.15. The van der Waals surface area contributed by atoms with Gasteiger partial charge in [0.15, 0.2) is 9.84 Å². The number of ether oxygens (including phenoxy) is 1. The van der Waals surface area contributed by atoms with E-state index in [0.29, 0.717) is 0 Å². The minimum Gasteiger partial charge on any atom is -0.495 e. The normalized spacial score (nSPS) is 13.1. The van der Waals surface area contributed by atoms with Crippen molar-refractivity contribution < 1.29 is 13.2 Å². The molecule has 1 atom stereocenters. The van der Waals surface area contributed by atoms with Gasteiger partial charge in [-0.2, -0.15) is 0 Å². The maximum Gasteiger partial charge on any atom is 0.152 e. The van der Waals surface area contributed by atoms with Crippen molar-refractivity contribution in [1.82, 2.24) is 0 Å². The van der Waals surface area contributed by atoms with Gasteiger partial charge in [-0.05, 0) is 31.5 Å². The Hall–Kier alpha value is -1.23. The van der Waals surface area contributed by atoms with Crippen molar-refractivity contribution in [2.45, 2.75) is 26.8 Å². The first kappa shape index (κ1) is 14.8. The van der Waals surface area contributed by atoms with Gasteiger partial charge in [-0.15, -0.1) is 0 Å². The second-order valence-corrected chi connectivity index (χ2v) is 6.85. The molecular weight excluding hydrogens is 250 g/mol. The number of benzene rings is 1. The molecule has 18 heavy (non-hydrogen) atoms. The van der Waals surface area contributed by atoms with Crippen LogP contribution in [0.1, 0.15) is 19.4 Å². The molecule has 0 heterocycles. The number of hydrogen-bond acceptors (Lipinski definition) is 4. The van der Waals surface area contributed by atoms with Crippen molar-refractivity contribution in [2.24, 2.45) is 0 Å². The number of methoxy groups -OCH3 is 1. The molecule has 1 aromatic carbocycles. The molecule has 0 aromatic heterocycles. The standard InChI is InChI=1S/C13H21NO3S/c1-5-18(15,16)9-11(3)14-12-8-10(2)6-7-13(12)17-4/h6-8,11,14H,5,9H2,1-4H3. The van der Waals surface area contributed by atoms with E-state index in [1.54, 1.807) is 14.0 Å². The molecule has 0 bridgehead atoms. The van der Waals surface area contributed by atoms with Gasteiger partial charge in [-0.25, -0.2) is 8.42 Å². The molecular formula is C13H21NO3S. The van der Waals surface area contributed by atoms with Crippen LogP contribution in [0.3, 0.4) is 0 Å². The highest BCUT2D eigenvalue weighted by Crippen LogP contribution is 2.25. The van der Waals surface area contributed by atoms with Gasteiger partial charge in [0.05, 0.1) is 18.6 Å². The lowest BCUT2D eigenvalue weighted by molar-refractivity contribution is 0.416. The monoisotopic (exact) mass is 271 g/mol. The number of nitrogens with one attached hydrogen (secondary N) is 1. The Labute approximate surface area is 109 Å². The second kappa shape index (κ2) is 6.09. The Morgan fingerprint density at radius 1 is 1.39 bits per heavy atom.